The smallest absolute Gasteiger partial charge is 0.215 e. The Balaban J connectivity index is 1.84. The van der Waals surface area contributed by atoms with Crippen LogP contribution < -0.4 is 4.72 Å². The maximum Gasteiger partial charge on any atom is 0.215 e. The Morgan fingerprint density at radius 2 is 2.10 bits per heavy atom. The first-order valence-corrected chi connectivity index (χ1v) is 8.93. The molecule has 0 bridgehead atoms. The third-order valence-electron chi connectivity index (χ3n) is 2.86. The molecular formula is C14H16FNO3S2. The molecule has 1 unspecified atom stereocenters. The van der Waals surface area contributed by atoms with Crippen LogP contribution in [0.3, 0.4) is 0 Å². The number of aliphatic hydroxyl groups is 1. The van der Waals surface area contributed by atoms with Gasteiger partial charge in [0.05, 0.1) is 11.9 Å². The van der Waals surface area contributed by atoms with Gasteiger partial charge in [-0.05, 0) is 35.6 Å². The fourth-order valence-corrected chi connectivity index (χ4v) is 3.77. The van der Waals surface area contributed by atoms with Crippen molar-refractivity contribution in [3.8, 4) is 0 Å². The van der Waals surface area contributed by atoms with Crippen molar-refractivity contribution >= 4 is 21.4 Å². The van der Waals surface area contributed by atoms with Crippen molar-refractivity contribution in [1.82, 2.24) is 4.72 Å². The lowest BCUT2D eigenvalue weighted by molar-refractivity contribution is 0.173. The molecule has 1 aromatic heterocycles. The minimum Gasteiger partial charge on any atom is -0.388 e. The molecule has 0 aliphatic heterocycles. The highest BCUT2D eigenvalue weighted by Crippen LogP contribution is 2.21. The molecule has 0 radical (unpaired) electrons. The van der Waals surface area contributed by atoms with E-state index in [9.17, 15) is 17.9 Å². The van der Waals surface area contributed by atoms with Crippen molar-refractivity contribution in [2.45, 2.75) is 18.3 Å². The van der Waals surface area contributed by atoms with Gasteiger partial charge in [0.25, 0.3) is 0 Å². The predicted molar refractivity (Wildman–Crippen MR) is 80.9 cm³/mol. The number of halogens is 1. The predicted octanol–water partition coefficient (Wildman–Crippen LogP) is 2.43. The Labute approximate surface area is 127 Å². The van der Waals surface area contributed by atoms with Crippen LogP contribution in [0.25, 0.3) is 0 Å². The molecule has 21 heavy (non-hydrogen) atoms. The van der Waals surface area contributed by atoms with Gasteiger partial charge in [0, 0.05) is 11.4 Å². The molecule has 4 nitrogen and oxygen atoms in total. The van der Waals surface area contributed by atoms with E-state index in [4.69, 9.17) is 0 Å². The molecule has 0 saturated carbocycles. The second kappa shape index (κ2) is 7.13. The van der Waals surface area contributed by atoms with Crippen molar-refractivity contribution in [2.24, 2.45) is 0 Å². The zero-order valence-corrected chi connectivity index (χ0v) is 12.8. The van der Waals surface area contributed by atoms with Crippen molar-refractivity contribution in [1.29, 1.82) is 0 Å². The summed E-state index contributed by atoms with van der Waals surface area (Å²) in [6.07, 6.45) is -0.384. The van der Waals surface area contributed by atoms with Gasteiger partial charge < -0.3 is 5.11 Å². The van der Waals surface area contributed by atoms with Crippen molar-refractivity contribution in [3.05, 3.63) is 58.0 Å². The highest BCUT2D eigenvalue weighted by Gasteiger charge is 2.14. The van der Waals surface area contributed by atoms with E-state index in [1.54, 1.807) is 12.1 Å². The molecule has 1 aromatic carbocycles. The van der Waals surface area contributed by atoms with Gasteiger partial charge in [0.2, 0.25) is 10.0 Å². The maximum absolute atomic E-state index is 13.0. The number of thiophene rings is 1. The van der Waals surface area contributed by atoms with Crippen LogP contribution in [-0.2, 0) is 15.8 Å². The van der Waals surface area contributed by atoms with Crippen LogP contribution in [0.4, 0.5) is 4.39 Å². The first-order valence-electron chi connectivity index (χ1n) is 6.39. The second-order valence-electron chi connectivity index (χ2n) is 4.60. The van der Waals surface area contributed by atoms with Crippen LogP contribution in [0.1, 0.15) is 23.0 Å². The third kappa shape index (κ3) is 5.20. The van der Waals surface area contributed by atoms with Gasteiger partial charge >= 0.3 is 0 Å². The Morgan fingerprint density at radius 3 is 2.76 bits per heavy atom. The minimum absolute atomic E-state index is 0.136. The highest BCUT2D eigenvalue weighted by molar-refractivity contribution is 7.88. The fraction of sp³-hybridized carbons (Fsp3) is 0.286. The van der Waals surface area contributed by atoms with Crippen molar-refractivity contribution in [2.75, 3.05) is 6.54 Å². The second-order valence-corrected chi connectivity index (χ2v) is 7.39. The lowest BCUT2D eigenvalue weighted by Gasteiger charge is -2.10. The SMILES string of the molecule is O=S(=O)(Cc1cccc(F)c1)NCCC(O)c1cccs1. The summed E-state index contributed by atoms with van der Waals surface area (Å²) in [5.74, 6) is -0.740. The summed E-state index contributed by atoms with van der Waals surface area (Å²) >= 11 is 1.42. The summed E-state index contributed by atoms with van der Waals surface area (Å²) in [7, 11) is -3.54. The quantitative estimate of drug-likeness (QED) is 0.820. The van der Waals surface area contributed by atoms with Crippen molar-refractivity contribution < 1.29 is 17.9 Å². The molecule has 114 valence electrons. The topological polar surface area (TPSA) is 66.4 Å². The third-order valence-corrected chi connectivity index (χ3v) is 5.19. The number of benzene rings is 1. The fourth-order valence-electron chi connectivity index (χ4n) is 1.87. The lowest BCUT2D eigenvalue weighted by atomic mass is 10.2. The first-order chi connectivity index (χ1) is 9.96. The Kier molecular flexibility index (Phi) is 5.46. The lowest BCUT2D eigenvalue weighted by Crippen LogP contribution is -2.27. The molecular weight excluding hydrogens is 313 g/mol. The van der Waals surface area contributed by atoms with E-state index in [0.29, 0.717) is 12.0 Å². The van der Waals surface area contributed by atoms with E-state index in [0.717, 1.165) is 4.88 Å². The number of hydrogen-bond donors (Lipinski definition) is 2. The number of sulfonamides is 1. The molecule has 0 spiro atoms. The average Bonchev–Trinajstić information content (AvgIpc) is 2.91. The minimum atomic E-state index is -3.54. The largest absolute Gasteiger partial charge is 0.388 e. The van der Waals surface area contributed by atoms with Crippen LogP contribution in [-0.4, -0.2) is 20.1 Å². The summed E-state index contributed by atoms with van der Waals surface area (Å²) in [6.45, 7) is 0.136. The average molecular weight is 329 g/mol. The van der Waals surface area contributed by atoms with Gasteiger partial charge in [-0.2, -0.15) is 0 Å². The zero-order chi connectivity index (χ0) is 15.3. The molecule has 2 N–H and O–H groups in total. The van der Waals surface area contributed by atoms with Crippen molar-refractivity contribution in [3.63, 3.8) is 0 Å². The zero-order valence-electron chi connectivity index (χ0n) is 11.2. The van der Waals surface area contributed by atoms with Crippen LogP contribution in [0.5, 0.6) is 0 Å². The number of hydrogen-bond acceptors (Lipinski definition) is 4. The number of nitrogens with one attached hydrogen (secondary N) is 1. The summed E-state index contributed by atoms with van der Waals surface area (Å²) < 4.78 is 39.2. The van der Waals surface area contributed by atoms with E-state index in [1.807, 2.05) is 11.4 Å². The molecule has 7 heteroatoms. The molecule has 2 rings (SSSR count). The van der Waals surface area contributed by atoms with Gasteiger partial charge in [-0.3, -0.25) is 0 Å². The summed E-state index contributed by atoms with van der Waals surface area (Å²) in [5, 5.41) is 11.7. The molecule has 0 saturated heterocycles. The van der Waals surface area contributed by atoms with E-state index >= 15 is 0 Å². The maximum atomic E-state index is 13.0. The summed E-state index contributed by atoms with van der Waals surface area (Å²) in [4.78, 5) is 0.805. The van der Waals surface area contributed by atoms with Crippen LogP contribution in [0.2, 0.25) is 0 Å². The van der Waals surface area contributed by atoms with Gasteiger partial charge in [0.15, 0.2) is 0 Å². The first kappa shape index (κ1) is 16.1. The van der Waals surface area contributed by atoms with E-state index in [-0.39, 0.29) is 12.3 Å². The summed E-state index contributed by atoms with van der Waals surface area (Å²) in [5.41, 5.74) is 0.390. The standard InChI is InChI=1S/C14H16FNO3S2/c15-12-4-1-3-11(9-12)10-21(18,19)16-7-6-13(17)14-5-2-8-20-14/h1-5,8-9,13,16-17H,6-7,10H2. The Bertz CT molecular complexity index is 671. The van der Waals surface area contributed by atoms with Gasteiger partial charge in [0.1, 0.15) is 5.82 Å². The molecule has 0 fully saturated rings. The molecule has 0 aliphatic carbocycles. The Hall–Kier alpha value is -1.28. The normalized spacial score (nSPS) is 13.2. The van der Waals surface area contributed by atoms with Gasteiger partial charge in [-0.25, -0.2) is 17.5 Å². The molecule has 0 aliphatic rings. The van der Waals surface area contributed by atoms with Crippen LogP contribution in [0, 0.1) is 5.82 Å². The van der Waals surface area contributed by atoms with Gasteiger partial charge in [-0.15, -0.1) is 11.3 Å². The molecule has 1 heterocycles. The van der Waals surface area contributed by atoms with Gasteiger partial charge in [-0.1, -0.05) is 18.2 Å². The monoisotopic (exact) mass is 329 g/mol. The van der Waals surface area contributed by atoms with E-state index in [1.165, 1.54) is 29.5 Å². The number of aliphatic hydroxyl groups excluding tert-OH is 1. The molecule has 1 atom stereocenters. The van der Waals surface area contributed by atoms with Crippen LogP contribution in [0.15, 0.2) is 41.8 Å². The molecule has 0 amide bonds. The van der Waals surface area contributed by atoms with Crippen LogP contribution >= 0.6 is 11.3 Å². The Morgan fingerprint density at radius 1 is 1.29 bits per heavy atom. The van der Waals surface area contributed by atoms with E-state index < -0.39 is 21.9 Å². The van der Waals surface area contributed by atoms with E-state index in [2.05, 4.69) is 4.72 Å². The number of rotatable bonds is 7. The summed E-state index contributed by atoms with van der Waals surface area (Å²) in [6, 6.07) is 9.12. The molecule has 2 aromatic rings. The highest BCUT2D eigenvalue weighted by atomic mass is 32.2.